The van der Waals surface area contributed by atoms with Crippen LogP contribution in [0.4, 0.5) is 0 Å². The van der Waals surface area contributed by atoms with Crippen LogP contribution in [-0.4, -0.2) is 26.4 Å². The number of aryl methyl sites for hydroxylation is 1. The van der Waals surface area contributed by atoms with Crippen LogP contribution in [0.25, 0.3) is 0 Å². The van der Waals surface area contributed by atoms with Crippen molar-refractivity contribution in [2.45, 2.75) is 43.6 Å². The van der Waals surface area contributed by atoms with Gasteiger partial charge in [0.05, 0.1) is 5.69 Å². The van der Waals surface area contributed by atoms with Crippen LogP contribution >= 0.6 is 11.6 Å². The molecule has 84 valence electrons. The van der Waals surface area contributed by atoms with E-state index < -0.39 is 0 Å². The van der Waals surface area contributed by atoms with Crippen molar-refractivity contribution in [1.29, 1.82) is 0 Å². The van der Waals surface area contributed by atoms with E-state index in [0.29, 0.717) is 6.04 Å². The summed E-state index contributed by atoms with van der Waals surface area (Å²) in [4.78, 5) is 0. The molecule has 1 fully saturated rings. The molecule has 2 unspecified atom stereocenters. The number of aromatic nitrogens is 3. The number of rotatable bonds is 3. The SMILES string of the molecule is Cn1cc(CNC2CCCCC2Cl)nn1. The second-order valence-corrected chi connectivity index (χ2v) is 4.73. The number of nitrogens with zero attached hydrogens (tertiary/aromatic N) is 3. The molecular weight excluding hydrogens is 212 g/mol. The standard InChI is InChI=1S/C10H17ClN4/c1-15-7-8(13-14-15)6-12-10-5-3-2-4-9(10)11/h7,9-10,12H,2-6H2,1H3. The minimum absolute atomic E-state index is 0.274. The van der Waals surface area contributed by atoms with Crippen molar-refractivity contribution < 1.29 is 0 Å². The lowest BCUT2D eigenvalue weighted by molar-refractivity contribution is 0.377. The van der Waals surface area contributed by atoms with Gasteiger partial charge >= 0.3 is 0 Å². The van der Waals surface area contributed by atoms with Crippen LogP contribution in [-0.2, 0) is 13.6 Å². The normalized spacial score (nSPS) is 26.8. The van der Waals surface area contributed by atoms with E-state index in [2.05, 4.69) is 15.6 Å². The summed E-state index contributed by atoms with van der Waals surface area (Å²) in [6, 6.07) is 0.433. The van der Waals surface area contributed by atoms with Gasteiger partial charge < -0.3 is 5.32 Å². The molecule has 0 radical (unpaired) electrons. The average molecular weight is 229 g/mol. The number of alkyl halides is 1. The third-order valence-corrected chi connectivity index (χ3v) is 3.40. The van der Waals surface area contributed by atoms with Crippen molar-refractivity contribution in [3.05, 3.63) is 11.9 Å². The molecule has 1 heterocycles. The molecule has 0 aromatic carbocycles. The van der Waals surface area contributed by atoms with Crippen molar-refractivity contribution in [3.63, 3.8) is 0 Å². The zero-order valence-corrected chi connectivity index (χ0v) is 9.74. The van der Waals surface area contributed by atoms with E-state index in [1.807, 2.05) is 13.2 Å². The molecular formula is C10H17ClN4. The van der Waals surface area contributed by atoms with Crippen molar-refractivity contribution >= 4 is 11.6 Å². The molecule has 0 amide bonds. The first-order valence-corrected chi connectivity index (χ1v) is 5.92. The van der Waals surface area contributed by atoms with Crippen LogP contribution in [0.15, 0.2) is 6.20 Å². The monoisotopic (exact) mass is 228 g/mol. The van der Waals surface area contributed by atoms with Gasteiger partial charge in [-0.15, -0.1) is 16.7 Å². The van der Waals surface area contributed by atoms with Crippen molar-refractivity contribution in [2.24, 2.45) is 7.05 Å². The molecule has 5 heteroatoms. The van der Waals surface area contributed by atoms with Crippen LogP contribution in [0.1, 0.15) is 31.4 Å². The number of nitrogens with one attached hydrogen (secondary N) is 1. The van der Waals surface area contributed by atoms with E-state index in [1.54, 1.807) is 4.68 Å². The van der Waals surface area contributed by atoms with Crippen LogP contribution in [0.3, 0.4) is 0 Å². The maximum atomic E-state index is 6.25. The fourth-order valence-electron chi connectivity index (χ4n) is 2.03. The molecule has 4 nitrogen and oxygen atoms in total. The van der Waals surface area contributed by atoms with Gasteiger partial charge in [-0.25, -0.2) is 0 Å². The Hall–Kier alpha value is -0.610. The predicted molar refractivity (Wildman–Crippen MR) is 59.7 cm³/mol. The molecule has 1 saturated carbocycles. The fourth-order valence-corrected chi connectivity index (χ4v) is 2.40. The van der Waals surface area contributed by atoms with E-state index in [9.17, 15) is 0 Å². The molecule has 1 aromatic rings. The molecule has 0 aliphatic heterocycles. The van der Waals surface area contributed by atoms with Crippen LogP contribution in [0.5, 0.6) is 0 Å². The van der Waals surface area contributed by atoms with Crippen molar-refractivity contribution in [2.75, 3.05) is 0 Å². The number of hydrogen-bond donors (Lipinski definition) is 1. The predicted octanol–water partition coefficient (Wildman–Crippen LogP) is 1.45. The van der Waals surface area contributed by atoms with Gasteiger partial charge in [-0.05, 0) is 12.8 Å². The molecule has 1 aromatic heterocycles. The molecule has 1 aliphatic rings. The largest absolute Gasteiger partial charge is 0.307 e. The van der Waals surface area contributed by atoms with Gasteiger partial charge in [0, 0.05) is 31.2 Å². The molecule has 2 atom stereocenters. The summed E-state index contributed by atoms with van der Waals surface area (Å²) in [5.74, 6) is 0. The van der Waals surface area contributed by atoms with Gasteiger partial charge in [0.25, 0.3) is 0 Å². The maximum Gasteiger partial charge on any atom is 0.0964 e. The topological polar surface area (TPSA) is 42.7 Å². The molecule has 1 N–H and O–H groups in total. The molecule has 1 aliphatic carbocycles. The molecule has 2 rings (SSSR count). The summed E-state index contributed by atoms with van der Waals surface area (Å²) >= 11 is 6.25. The Labute approximate surface area is 95.0 Å². The van der Waals surface area contributed by atoms with E-state index in [0.717, 1.165) is 18.7 Å². The Morgan fingerprint density at radius 1 is 1.53 bits per heavy atom. The van der Waals surface area contributed by atoms with Gasteiger partial charge in [-0.1, -0.05) is 18.1 Å². The van der Waals surface area contributed by atoms with Gasteiger partial charge in [0.2, 0.25) is 0 Å². The fraction of sp³-hybridized carbons (Fsp3) is 0.800. The zero-order chi connectivity index (χ0) is 10.7. The molecule has 0 bridgehead atoms. The highest BCUT2D eigenvalue weighted by molar-refractivity contribution is 6.21. The lowest BCUT2D eigenvalue weighted by atomic mass is 9.95. The quantitative estimate of drug-likeness (QED) is 0.797. The first kappa shape index (κ1) is 10.9. The average Bonchev–Trinajstić information content (AvgIpc) is 2.63. The van der Waals surface area contributed by atoms with E-state index in [1.165, 1.54) is 19.3 Å². The summed E-state index contributed by atoms with van der Waals surface area (Å²) in [5, 5.41) is 11.7. The maximum absolute atomic E-state index is 6.25. The summed E-state index contributed by atoms with van der Waals surface area (Å²) in [6.45, 7) is 0.766. The van der Waals surface area contributed by atoms with E-state index in [-0.39, 0.29) is 5.38 Å². The Kier molecular flexibility index (Phi) is 3.59. The van der Waals surface area contributed by atoms with Crippen LogP contribution in [0.2, 0.25) is 0 Å². The van der Waals surface area contributed by atoms with Crippen LogP contribution in [0, 0.1) is 0 Å². The first-order valence-electron chi connectivity index (χ1n) is 5.48. The second kappa shape index (κ2) is 4.94. The second-order valence-electron chi connectivity index (χ2n) is 4.17. The minimum atomic E-state index is 0.274. The minimum Gasteiger partial charge on any atom is -0.307 e. The Bertz CT molecular complexity index is 312. The highest BCUT2D eigenvalue weighted by Gasteiger charge is 2.22. The summed E-state index contributed by atoms with van der Waals surface area (Å²) in [5.41, 5.74) is 0.979. The highest BCUT2D eigenvalue weighted by Crippen LogP contribution is 2.23. The highest BCUT2D eigenvalue weighted by atomic mass is 35.5. The van der Waals surface area contributed by atoms with Crippen molar-refractivity contribution in [3.8, 4) is 0 Å². The van der Waals surface area contributed by atoms with Gasteiger partial charge in [-0.3, -0.25) is 4.68 Å². The number of halogens is 1. The molecule has 0 spiro atoms. The van der Waals surface area contributed by atoms with E-state index in [4.69, 9.17) is 11.6 Å². The molecule has 15 heavy (non-hydrogen) atoms. The molecule has 0 saturated heterocycles. The lowest BCUT2D eigenvalue weighted by Gasteiger charge is -2.27. The lowest BCUT2D eigenvalue weighted by Crippen LogP contribution is -2.38. The third-order valence-electron chi connectivity index (χ3n) is 2.88. The van der Waals surface area contributed by atoms with Gasteiger partial charge in [0.1, 0.15) is 0 Å². The van der Waals surface area contributed by atoms with Gasteiger partial charge in [0.15, 0.2) is 0 Å². The first-order chi connectivity index (χ1) is 7.25. The third kappa shape index (κ3) is 2.92. The summed E-state index contributed by atoms with van der Waals surface area (Å²) < 4.78 is 1.72. The zero-order valence-electron chi connectivity index (χ0n) is 8.99. The van der Waals surface area contributed by atoms with Crippen LogP contribution < -0.4 is 5.32 Å². The van der Waals surface area contributed by atoms with Crippen molar-refractivity contribution in [1.82, 2.24) is 20.3 Å². The Morgan fingerprint density at radius 2 is 2.33 bits per heavy atom. The summed E-state index contributed by atoms with van der Waals surface area (Å²) in [6.07, 6.45) is 6.77. The Balaban J connectivity index is 1.81. The summed E-state index contributed by atoms with van der Waals surface area (Å²) in [7, 11) is 1.88. The van der Waals surface area contributed by atoms with E-state index >= 15 is 0 Å². The smallest absolute Gasteiger partial charge is 0.0964 e. The Morgan fingerprint density at radius 3 is 3.00 bits per heavy atom. The number of hydrogen-bond acceptors (Lipinski definition) is 3. The van der Waals surface area contributed by atoms with Gasteiger partial charge in [-0.2, -0.15) is 0 Å².